The average Bonchev–Trinajstić information content (AvgIpc) is 3.04. The maximum atomic E-state index is 12.2. The van der Waals surface area contributed by atoms with E-state index in [4.69, 9.17) is 0 Å². The second-order valence-corrected chi connectivity index (χ2v) is 6.29. The van der Waals surface area contributed by atoms with Gasteiger partial charge in [-0.1, -0.05) is 36.4 Å². The van der Waals surface area contributed by atoms with Crippen molar-refractivity contribution in [3.63, 3.8) is 0 Å². The third-order valence-corrected chi connectivity index (χ3v) is 4.59. The van der Waals surface area contributed by atoms with E-state index in [1.54, 1.807) is 18.2 Å². The first-order chi connectivity index (χ1) is 12.1. The van der Waals surface area contributed by atoms with Crippen molar-refractivity contribution in [1.29, 1.82) is 0 Å². The van der Waals surface area contributed by atoms with E-state index in [0.717, 1.165) is 13.0 Å². The first kappa shape index (κ1) is 17.0. The van der Waals surface area contributed by atoms with E-state index in [-0.39, 0.29) is 24.1 Å². The Morgan fingerprint density at radius 2 is 1.96 bits per heavy atom. The molecule has 25 heavy (non-hydrogen) atoms. The van der Waals surface area contributed by atoms with E-state index in [2.05, 4.69) is 29.3 Å². The Morgan fingerprint density at radius 1 is 1.24 bits per heavy atom. The van der Waals surface area contributed by atoms with Crippen molar-refractivity contribution in [1.82, 2.24) is 5.32 Å². The number of benzene rings is 2. The lowest BCUT2D eigenvalue weighted by Crippen LogP contribution is -2.41. The van der Waals surface area contributed by atoms with Gasteiger partial charge in [0, 0.05) is 36.4 Å². The van der Waals surface area contributed by atoms with Crippen LogP contribution in [0.25, 0.3) is 0 Å². The number of rotatable bonds is 6. The molecule has 0 aromatic heterocycles. The highest BCUT2D eigenvalue weighted by atomic mass is 16.6. The Hall–Kier alpha value is -2.89. The van der Waals surface area contributed by atoms with Gasteiger partial charge in [0.15, 0.2) is 0 Å². The van der Waals surface area contributed by atoms with Crippen LogP contribution in [0.4, 0.5) is 11.4 Å². The highest BCUT2D eigenvalue weighted by Gasteiger charge is 2.23. The fourth-order valence-electron chi connectivity index (χ4n) is 3.27. The molecular weight excluding hydrogens is 318 g/mol. The molecule has 2 aromatic rings. The molecule has 0 saturated heterocycles. The van der Waals surface area contributed by atoms with Crippen molar-refractivity contribution in [3.8, 4) is 0 Å². The largest absolute Gasteiger partial charge is 0.366 e. The molecule has 1 aliphatic rings. The predicted molar refractivity (Wildman–Crippen MR) is 96.8 cm³/mol. The lowest BCUT2D eigenvalue weighted by Gasteiger charge is -2.27. The molecule has 6 nitrogen and oxygen atoms in total. The van der Waals surface area contributed by atoms with Gasteiger partial charge in [0.25, 0.3) is 5.69 Å². The van der Waals surface area contributed by atoms with Crippen LogP contribution in [0.1, 0.15) is 18.1 Å². The van der Waals surface area contributed by atoms with Crippen molar-refractivity contribution in [2.45, 2.75) is 25.8 Å². The highest BCUT2D eigenvalue weighted by molar-refractivity contribution is 5.79. The Balaban J connectivity index is 1.57. The molecule has 1 aliphatic heterocycles. The molecule has 1 heterocycles. The van der Waals surface area contributed by atoms with Crippen LogP contribution >= 0.6 is 0 Å². The number of para-hydroxylation sites is 2. The SMILES string of the molecule is C[C@@H](CNC(=O)Cc1ccccc1[N+](=O)[O-])N1CCc2ccccc21. The smallest absolute Gasteiger partial charge is 0.273 e. The second-order valence-electron chi connectivity index (χ2n) is 6.29. The van der Waals surface area contributed by atoms with Gasteiger partial charge in [-0.25, -0.2) is 0 Å². The summed E-state index contributed by atoms with van der Waals surface area (Å²) in [6.07, 6.45) is 1.03. The molecule has 0 fully saturated rings. The van der Waals surface area contributed by atoms with Gasteiger partial charge in [-0.2, -0.15) is 0 Å². The number of nitro benzene ring substituents is 1. The summed E-state index contributed by atoms with van der Waals surface area (Å²) in [5.74, 6) is -0.200. The van der Waals surface area contributed by atoms with Crippen LogP contribution in [0.2, 0.25) is 0 Å². The molecule has 1 N–H and O–H groups in total. The summed E-state index contributed by atoms with van der Waals surface area (Å²) in [7, 11) is 0. The number of hydrogen-bond donors (Lipinski definition) is 1. The predicted octanol–water partition coefficient (Wildman–Crippen LogP) is 2.70. The molecule has 0 aliphatic carbocycles. The summed E-state index contributed by atoms with van der Waals surface area (Å²) in [6.45, 7) is 3.53. The number of anilines is 1. The topological polar surface area (TPSA) is 75.5 Å². The van der Waals surface area contributed by atoms with E-state index < -0.39 is 4.92 Å². The summed E-state index contributed by atoms with van der Waals surface area (Å²) >= 11 is 0. The van der Waals surface area contributed by atoms with Crippen LogP contribution in [0.3, 0.4) is 0 Å². The number of nitrogens with zero attached hydrogens (tertiary/aromatic N) is 2. The minimum atomic E-state index is -0.452. The minimum absolute atomic E-state index is 0.0143. The summed E-state index contributed by atoms with van der Waals surface area (Å²) in [5.41, 5.74) is 2.98. The molecule has 1 atom stereocenters. The zero-order valence-corrected chi connectivity index (χ0v) is 14.1. The Kier molecular flexibility index (Phi) is 4.97. The monoisotopic (exact) mass is 339 g/mol. The molecule has 0 spiro atoms. The number of carbonyl (C=O) groups is 1. The van der Waals surface area contributed by atoms with E-state index in [1.165, 1.54) is 17.3 Å². The van der Waals surface area contributed by atoms with E-state index in [9.17, 15) is 14.9 Å². The van der Waals surface area contributed by atoms with Gasteiger partial charge >= 0.3 is 0 Å². The molecule has 0 bridgehead atoms. The van der Waals surface area contributed by atoms with Gasteiger partial charge in [-0.3, -0.25) is 14.9 Å². The maximum Gasteiger partial charge on any atom is 0.273 e. The van der Waals surface area contributed by atoms with Crippen LogP contribution in [-0.4, -0.2) is 30.0 Å². The Bertz CT molecular complexity index is 791. The number of amides is 1. The lowest BCUT2D eigenvalue weighted by atomic mass is 10.1. The molecule has 6 heteroatoms. The lowest BCUT2D eigenvalue weighted by molar-refractivity contribution is -0.385. The molecule has 130 valence electrons. The fourth-order valence-corrected chi connectivity index (χ4v) is 3.27. The Labute approximate surface area is 146 Å². The van der Waals surface area contributed by atoms with Crippen LogP contribution in [-0.2, 0) is 17.6 Å². The van der Waals surface area contributed by atoms with Crippen LogP contribution in [0.5, 0.6) is 0 Å². The van der Waals surface area contributed by atoms with Crippen molar-refractivity contribution in [2.75, 3.05) is 18.0 Å². The van der Waals surface area contributed by atoms with E-state index >= 15 is 0 Å². The zero-order chi connectivity index (χ0) is 17.8. The van der Waals surface area contributed by atoms with Crippen molar-refractivity contribution < 1.29 is 9.72 Å². The third-order valence-electron chi connectivity index (χ3n) is 4.59. The molecule has 1 amide bonds. The summed E-state index contributed by atoms with van der Waals surface area (Å²) in [6, 6.07) is 14.8. The maximum absolute atomic E-state index is 12.2. The van der Waals surface area contributed by atoms with Crippen LogP contribution in [0.15, 0.2) is 48.5 Å². The van der Waals surface area contributed by atoms with Crippen molar-refractivity contribution in [3.05, 3.63) is 69.8 Å². The van der Waals surface area contributed by atoms with Gasteiger partial charge < -0.3 is 10.2 Å². The number of carbonyl (C=O) groups excluding carboxylic acids is 1. The average molecular weight is 339 g/mol. The zero-order valence-electron chi connectivity index (χ0n) is 14.1. The van der Waals surface area contributed by atoms with E-state index in [0.29, 0.717) is 12.1 Å². The van der Waals surface area contributed by atoms with Crippen molar-refractivity contribution in [2.24, 2.45) is 0 Å². The number of fused-ring (bicyclic) bond motifs is 1. The van der Waals surface area contributed by atoms with Gasteiger partial charge in [0.05, 0.1) is 11.3 Å². The summed E-state index contributed by atoms with van der Waals surface area (Å²) in [5, 5.41) is 13.9. The molecule has 3 rings (SSSR count). The van der Waals surface area contributed by atoms with Gasteiger partial charge in [-0.15, -0.1) is 0 Å². The van der Waals surface area contributed by atoms with Crippen molar-refractivity contribution >= 4 is 17.3 Å². The summed E-state index contributed by atoms with van der Waals surface area (Å²) in [4.78, 5) is 25.1. The second kappa shape index (κ2) is 7.34. The van der Waals surface area contributed by atoms with Gasteiger partial charge in [0.2, 0.25) is 5.91 Å². The van der Waals surface area contributed by atoms with E-state index in [1.807, 2.05) is 12.1 Å². The molecule has 0 saturated carbocycles. The number of nitro groups is 1. The quantitative estimate of drug-likeness (QED) is 0.648. The minimum Gasteiger partial charge on any atom is -0.366 e. The standard InChI is InChI=1S/C19H21N3O3/c1-14(21-11-10-15-6-2-4-8-17(15)21)13-20-19(23)12-16-7-3-5-9-18(16)22(24)25/h2-9,14H,10-13H2,1H3,(H,20,23)/t14-/m0/s1. The molecular formula is C19H21N3O3. The third kappa shape index (κ3) is 3.79. The number of nitrogens with one attached hydrogen (secondary N) is 1. The van der Waals surface area contributed by atoms with Crippen LogP contribution < -0.4 is 10.2 Å². The normalized spacial score (nSPS) is 14.0. The van der Waals surface area contributed by atoms with Crippen LogP contribution in [0, 0.1) is 10.1 Å². The molecule has 0 radical (unpaired) electrons. The first-order valence-electron chi connectivity index (χ1n) is 8.40. The highest BCUT2D eigenvalue weighted by Crippen LogP contribution is 2.28. The first-order valence-corrected chi connectivity index (χ1v) is 8.40. The summed E-state index contributed by atoms with van der Waals surface area (Å²) < 4.78 is 0. The van der Waals surface area contributed by atoms with Gasteiger partial charge in [-0.05, 0) is 25.0 Å². The Morgan fingerprint density at radius 3 is 2.76 bits per heavy atom. The molecule has 2 aromatic carbocycles. The van der Waals surface area contributed by atoms with Gasteiger partial charge in [0.1, 0.15) is 0 Å². The molecule has 0 unspecified atom stereocenters. The number of hydrogen-bond acceptors (Lipinski definition) is 4. The fraction of sp³-hybridized carbons (Fsp3) is 0.316.